The Bertz CT molecular complexity index is 841. The molecule has 4 heterocycles. The number of likely N-dealkylation sites (N-methyl/N-ethyl adjacent to an activating group) is 1. The molecule has 2 atom stereocenters. The van der Waals surface area contributed by atoms with Gasteiger partial charge >= 0.3 is 5.97 Å². The average molecular weight is 399 g/mol. The summed E-state index contributed by atoms with van der Waals surface area (Å²) in [6, 6.07) is 6.03. The van der Waals surface area contributed by atoms with Crippen LogP contribution in [0.1, 0.15) is 29.8 Å². The molecule has 0 aliphatic carbocycles. The van der Waals surface area contributed by atoms with E-state index in [1.165, 1.54) is 0 Å². The summed E-state index contributed by atoms with van der Waals surface area (Å²) in [5.41, 5.74) is 1.21. The number of carbonyl (C=O) groups is 2. The molecule has 2 aliphatic rings. The summed E-state index contributed by atoms with van der Waals surface area (Å²) in [7, 11) is 2.13. The molecule has 29 heavy (non-hydrogen) atoms. The van der Waals surface area contributed by atoms with E-state index in [9.17, 15) is 14.7 Å². The molecule has 1 N–H and O–H groups in total. The van der Waals surface area contributed by atoms with Crippen LogP contribution in [0.4, 0.5) is 0 Å². The van der Waals surface area contributed by atoms with Crippen molar-refractivity contribution in [3.8, 4) is 0 Å². The lowest BCUT2D eigenvalue weighted by Gasteiger charge is -2.46. The maximum absolute atomic E-state index is 13.1. The number of pyridine rings is 1. The maximum atomic E-state index is 13.1. The second-order valence-corrected chi connectivity index (χ2v) is 8.23. The van der Waals surface area contributed by atoms with Gasteiger partial charge in [0, 0.05) is 64.1 Å². The van der Waals surface area contributed by atoms with Gasteiger partial charge in [-0.05, 0) is 37.9 Å². The highest BCUT2D eigenvalue weighted by Gasteiger charge is 2.36. The topological polar surface area (TPSA) is 81.4 Å². The monoisotopic (exact) mass is 399 g/mol. The molecule has 0 aromatic carbocycles. The number of likely N-dealkylation sites (tertiary alicyclic amines) is 1. The number of carbonyl (C=O) groups excluding carboxylic acids is 1. The number of piperidine rings is 1. The van der Waals surface area contributed by atoms with Crippen LogP contribution in [-0.2, 0) is 4.79 Å². The summed E-state index contributed by atoms with van der Waals surface area (Å²) in [4.78, 5) is 35.4. The molecule has 156 valence electrons. The molecule has 0 spiro atoms. The third kappa shape index (κ3) is 4.43. The van der Waals surface area contributed by atoms with Crippen LogP contribution in [-0.4, -0.2) is 93.4 Å². The van der Waals surface area contributed by atoms with Crippen molar-refractivity contribution >= 4 is 17.5 Å². The van der Waals surface area contributed by atoms with Gasteiger partial charge < -0.3 is 19.3 Å². The quantitative estimate of drug-likeness (QED) is 0.816. The van der Waals surface area contributed by atoms with Crippen molar-refractivity contribution in [2.24, 2.45) is 5.92 Å². The van der Waals surface area contributed by atoms with Crippen molar-refractivity contribution in [2.45, 2.75) is 25.3 Å². The molecule has 2 saturated heterocycles. The fourth-order valence-electron chi connectivity index (χ4n) is 4.63. The molecule has 2 aromatic rings. The highest BCUT2D eigenvalue weighted by atomic mass is 16.4. The Hall–Kier alpha value is -2.45. The van der Waals surface area contributed by atoms with E-state index in [-0.39, 0.29) is 18.2 Å². The normalized spacial score (nSPS) is 24.1. The fraction of sp³-hybridized carbons (Fsp3) is 0.571. The van der Waals surface area contributed by atoms with Crippen molar-refractivity contribution in [1.82, 2.24) is 24.1 Å². The zero-order valence-electron chi connectivity index (χ0n) is 16.9. The van der Waals surface area contributed by atoms with Gasteiger partial charge in [-0.2, -0.15) is 0 Å². The number of carboxylic acid groups (broad SMARTS) is 1. The van der Waals surface area contributed by atoms with Gasteiger partial charge in [0.1, 0.15) is 11.3 Å². The van der Waals surface area contributed by atoms with Crippen molar-refractivity contribution in [3.63, 3.8) is 0 Å². The number of carboxylic acids is 1. The molecule has 8 nitrogen and oxygen atoms in total. The van der Waals surface area contributed by atoms with Crippen LogP contribution >= 0.6 is 0 Å². The summed E-state index contributed by atoms with van der Waals surface area (Å²) in [5.74, 6) is -0.666. The van der Waals surface area contributed by atoms with Gasteiger partial charge in [-0.3, -0.25) is 14.5 Å². The minimum atomic E-state index is -0.772. The van der Waals surface area contributed by atoms with Gasteiger partial charge in [0.15, 0.2) is 0 Å². The number of hydrogen-bond acceptors (Lipinski definition) is 5. The van der Waals surface area contributed by atoms with E-state index < -0.39 is 5.97 Å². The summed E-state index contributed by atoms with van der Waals surface area (Å²) in [5, 5.41) is 9.20. The standard InChI is InChI=1S/C21H29N5O3/c1-23-10-12-24(13-11-23)18-7-9-26(14-16(18)5-6-20(27)28)21(29)17-15-25-8-3-2-4-19(25)22-17/h2-4,8,15-16,18H,5-7,9-14H2,1H3,(H,27,28)/t16-,18+/m0/s1. The van der Waals surface area contributed by atoms with Gasteiger partial charge in [0.05, 0.1) is 0 Å². The first-order valence-electron chi connectivity index (χ1n) is 10.4. The van der Waals surface area contributed by atoms with E-state index in [1.807, 2.05) is 33.7 Å². The van der Waals surface area contributed by atoms with E-state index in [4.69, 9.17) is 0 Å². The number of aliphatic carboxylic acids is 1. The molecule has 1 amide bonds. The molecule has 0 bridgehead atoms. The van der Waals surface area contributed by atoms with Gasteiger partial charge in [-0.25, -0.2) is 4.98 Å². The van der Waals surface area contributed by atoms with Crippen LogP contribution < -0.4 is 0 Å². The number of rotatable bonds is 5. The van der Waals surface area contributed by atoms with E-state index in [0.29, 0.717) is 31.2 Å². The minimum Gasteiger partial charge on any atom is -0.481 e. The van der Waals surface area contributed by atoms with Crippen LogP contribution in [0.25, 0.3) is 5.65 Å². The predicted octanol–water partition coefficient (Wildman–Crippen LogP) is 1.28. The lowest BCUT2D eigenvalue weighted by molar-refractivity contribution is -0.137. The van der Waals surface area contributed by atoms with Crippen LogP contribution in [0.2, 0.25) is 0 Å². The first-order chi connectivity index (χ1) is 14.0. The van der Waals surface area contributed by atoms with E-state index in [1.54, 1.807) is 6.20 Å². The number of amides is 1. The number of aromatic nitrogens is 2. The van der Waals surface area contributed by atoms with Crippen molar-refractivity contribution in [2.75, 3.05) is 46.3 Å². The van der Waals surface area contributed by atoms with Crippen LogP contribution in [0.5, 0.6) is 0 Å². The Morgan fingerprint density at radius 3 is 2.69 bits per heavy atom. The third-order valence-corrected chi connectivity index (χ3v) is 6.30. The third-order valence-electron chi connectivity index (χ3n) is 6.30. The molecule has 2 aromatic heterocycles. The van der Waals surface area contributed by atoms with E-state index in [2.05, 4.69) is 21.8 Å². The highest BCUT2D eigenvalue weighted by Crippen LogP contribution is 2.28. The second kappa shape index (κ2) is 8.51. The molecule has 0 unspecified atom stereocenters. The summed E-state index contributed by atoms with van der Waals surface area (Å²) in [6.07, 6.45) is 5.28. The highest BCUT2D eigenvalue weighted by molar-refractivity contribution is 5.93. The Balaban J connectivity index is 1.48. The number of fused-ring (bicyclic) bond motifs is 1. The predicted molar refractivity (Wildman–Crippen MR) is 109 cm³/mol. The number of piperazine rings is 1. The Morgan fingerprint density at radius 2 is 1.97 bits per heavy atom. The lowest BCUT2D eigenvalue weighted by Crippen LogP contribution is -2.57. The van der Waals surface area contributed by atoms with Crippen molar-refractivity contribution in [1.29, 1.82) is 0 Å². The molecule has 2 aliphatic heterocycles. The molecule has 8 heteroatoms. The van der Waals surface area contributed by atoms with Crippen LogP contribution in [0.3, 0.4) is 0 Å². The minimum absolute atomic E-state index is 0.0640. The molecular formula is C21H29N5O3. The fourth-order valence-corrected chi connectivity index (χ4v) is 4.63. The largest absolute Gasteiger partial charge is 0.481 e. The molecule has 2 fully saturated rings. The number of imidazole rings is 1. The smallest absolute Gasteiger partial charge is 0.303 e. The Labute approximate surface area is 170 Å². The van der Waals surface area contributed by atoms with Crippen molar-refractivity contribution < 1.29 is 14.7 Å². The lowest BCUT2D eigenvalue weighted by atomic mass is 9.86. The number of nitrogens with zero attached hydrogens (tertiary/aromatic N) is 5. The van der Waals surface area contributed by atoms with Gasteiger partial charge in [-0.15, -0.1) is 0 Å². The van der Waals surface area contributed by atoms with E-state index in [0.717, 1.165) is 38.2 Å². The number of hydrogen-bond donors (Lipinski definition) is 1. The summed E-state index contributed by atoms with van der Waals surface area (Å²) < 4.78 is 1.85. The molecule has 4 rings (SSSR count). The molecular weight excluding hydrogens is 370 g/mol. The molecule has 0 saturated carbocycles. The molecule has 0 radical (unpaired) electrons. The average Bonchev–Trinajstić information content (AvgIpc) is 3.16. The Kier molecular flexibility index (Phi) is 5.82. The summed E-state index contributed by atoms with van der Waals surface area (Å²) in [6.45, 7) is 5.36. The van der Waals surface area contributed by atoms with Gasteiger partial charge in [0.25, 0.3) is 5.91 Å². The first-order valence-corrected chi connectivity index (χ1v) is 10.4. The van der Waals surface area contributed by atoms with Gasteiger partial charge in [-0.1, -0.05) is 6.07 Å². The Morgan fingerprint density at radius 1 is 1.17 bits per heavy atom. The zero-order chi connectivity index (χ0) is 20.4. The summed E-state index contributed by atoms with van der Waals surface area (Å²) >= 11 is 0. The maximum Gasteiger partial charge on any atom is 0.303 e. The van der Waals surface area contributed by atoms with Crippen LogP contribution in [0.15, 0.2) is 30.6 Å². The first kappa shape index (κ1) is 19.8. The SMILES string of the molecule is CN1CCN([C@@H]2CCN(C(=O)c3cn4ccccc4n3)C[C@@H]2CCC(=O)O)CC1. The van der Waals surface area contributed by atoms with Gasteiger partial charge in [0.2, 0.25) is 0 Å². The zero-order valence-corrected chi connectivity index (χ0v) is 16.9. The van der Waals surface area contributed by atoms with E-state index >= 15 is 0 Å². The van der Waals surface area contributed by atoms with Crippen LogP contribution in [0, 0.1) is 5.92 Å². The second-order valence-electron chi connectivity index (χ2n) is 8.23. The van der Waals surface area contributed by atoms with Crippen molar-refractivity contribution in [3.05, 3.63) is 36.3 Å².